The summed E-state index contributed by atoms with van der Waals surface area (Å²) in [6, 6.07) is 1.85. The normalized spacial score (nSPS) is 10.6. The average molecular weight is 333 g/mol. The van der Waals surface area contributed by atoms with E-state index in [1.54, 1.807) is 17.5 Å². The smallest absolute Gasteiger partial charge is 0.143 e. The van der Waals surface area contributed by atoms with Gasteiger partial charge in [0.1, 0.15) is 5.82 Å². The van der Waals surface area contributed by atoms with Crippen molar-refractivity contribution in [2.24, 2.45) is 0 Å². The highest BCUT2D eigenvalue weighted by atomic mass is 79.9. The fraction of sp³-hybridized carbons (Fsp3) is 0.273. The van der Waals surface area contributed by atoms with Gasteiger partial charge in [0, 0.05) is 18.1 Å². The Morgan fingerprint density at radius 3 is 2.82 bits per heavy atom. The van der Waals surface area contributed by atoms with Crippen molar-refractivity contribution >= 4 is 44.7 Å². The van der Waals surface area contributed by atoms with Crippen molar-refractivity contribution in [1.82, 2.24) is 9.97 Å². The third-order valence-corrected chi connectivity index (χ3v) is 4.09. The summed E-state index contributed by atoms with van der Waals surface area (Å²) in [4.78, 5) is 11.9. The van der Waals surface area contributed by atoms with Crippen LogP contribution in [0.25, 0.3) is 0 Å². The van der Waals surface area contributed by atoms with Gasteiger partial charge in [-0.2, -0.15) is 0 Å². The minimum Gasteiger partial charge on any atom is -0.354 e. The van der Waals surface area contributed by atoms with Gasteiger partial charge in [-0.05, 0) is 28.9 Å². The largest absolute Gasteiger partial charge is 0.354 e. The first-order chi connectivity index (χ1) is 8.08. The molecule has 3 nitrogen and oxygen atoms in total. The molecule has 90 valence electrons. The molecule has 0 aliphatic rings. The van der Waals surface area contributed by atoms with Gasteiger partial charge >= 0.3 is 0 Å². The number of pyridine rings is 1. The lowest BCUT2D eigenvalue weighted by Gasteiger charge is -2.18. The second-order valence-corrected chi connectivity index (χ2v) is 5.91. The van der Waals surface area contributed by atoms with E-state index in [4.69, 9.17) is 11.6 Å². The van der Waals surface area contributed by atoms with Gasteiger partial charge in [-0.15, -0.1) is 11.3 Å². The Labute approximate surface area is 118 Å². The molecule has 2 heterocycles. The summed E-state index contributed by atoms with van der Waals surface area (Å²) in [5, 5.41) is 0.628. The molecule has 0 aliphatic carbocycles. The van der Waals surface area contributed by atoms with Gasteiger partial charge in [-0.3, -0.25) is 0 Å². The fourth-order valence-corrected chi connectivity index (χ4v) is 3.23. The number of hydrogen-bond acceptors (Lipinski definition) is 4. The number of anilines is 1. The third kappa shape index (κ3) is 2.97. The molecular weight excluding hydrogens is 322 g/mol. The molecule has 0 radical (unpaired) electrons. The SMILES string of the molecule is Cc1ncsc1CN(C)c1ncc(Cl)cc1Br. The Balaban J connectivity index is 2.20. The number of thiazole rings is 1. The van der Waals surface area contributed by atoms with Crippen molar-refractivity contribution in [2.75, 3.05) is 11.9 Å². The molecule has 2 aromatic heterocycles. The highest BCUT2D eigenvalue weighted by Gasteiger charge is 2.11. The molecule has 2 rings (SSSR count). The van der Waals surface area contributed by atoms with E-state index in [-0.39, 0.29) is 0 Å². The fourth-order valence-electron chi connectivity index (χ4n) is 1.46. The molecule has 0 N–H and O–H groups in total. The van der Waals surface area contributed by atoms with Gasteiger partial charge in [0.15, 0.2) is 0 Å². The molecule has 0 saturated carbocycles. The molecule has 17 heavy (non-hydrogen) atoms. The number of nitrogens with zero attached hydrogens (tertiary/aromatic N) is 3. The predicted octanol–water partition coefficient (Wildman–Crippen LogP) is 3.90. The first kappa shape index (κ1) is 12.8. The van der Waals surface area contributed by atoms with E-state index < -0.39 is 0 Å². The van der Waals surface area contributed by atoms with Gasteiger partial charge < -0.3 is 4.90 Å². The summed E-state index contributed by atoms with van der Waals surface area (Å²) in [6.07, 6.45) is 1.65. The molecular formula is C11H11BrClN3S. The van der Waals surface area contributed by atoms with Crippen molar-refractivity contribution in [2.45, 2.75) is 13.5 Å². The van der Waals surface area contributed by atoms with E-state index in [1.807, 2.05) is 25.5 Å². The minimum atomic E-state index is 0.628. The minimum absolute atomic E-state index is 0.628. The highest BCUT2D eigenvalue weighted by molar-refractivity contribution is 9.10. The van der Waals surface area contributed by atoms with Crippen LogP contribution in [0.15, 0.2) is 22.2 Å². The molecule has 0 aliphatic heterocycles. The van der Waals surface area contributed by atoms with Crippen molar-refractivity contribution in [1.29, 1.82) is 0 Å². The first-order valence-electron chi connectivity index (χ1n) is 4.99. The zero-order valence-corrected chi connectivity index (χ0v) is 12.6. The number of aryl methyl sites for hydroxylation is 1. The Bertz CT molecular complexity index is 529. The molecule has 0 bridgehead atoms. The van der Waals surface area contributed by atoms with E-state index in [2.05, 4.69) is 30.8 Å². The van der Waals surface area contributed by atoms with E-state index in [0.717, 1.165) is 22.5 Å². The Morgan fingerprint density at radius 2 is 2.24 bits per heavy atom. The molecule has 2 aromatic rings. The Morgan fingerprint density at radius 1 is 1.47 bits per heavy atom. The molecule has 0 fully saturated rings. The van der Waals surface area contributed by atoms with Gasteiger partial charge in [0.25, 0.3) is 0 Å². The molecule has 0 spiro atoms. The van der Waals surface area contributed by atoms with Crippen LogP contribution in [0.5, 0.6) is 0 Å². The maximum Gasteiger partial charge on any atom is 0.143 e. The zero-order valence-electron chi connectivity index (χ0n) is 9.44. The van der Waals surface area contributed by atoms with Crippen LogP contribution in [0.3, 0.4) is 0 Å². The topological polar surface area (TPSA) is 29.0 Å². The quantitative estimate of drug-likeness (QED) is 0.853. The highest BCUT2D eigenvalue weighted by Crippen LogP contribution is 2.27. The number of hydrogen-bond donors (Lipinski definition) is 0. The van der Waals surface area contributed by atoms with Crippen LogP contribution < -0.4 is 4.90 Å². The van der Waals surface area contributed by atoms with Gasteiger partial charge in [0.05, 0.1) is 27.2 Å². The third-order valence-electron chi connectivity index (χ3n) is 2.38. The van der Waals surface area contributed by atoms with E-state index in [0.29, 0.717) is 5.02 Å². The van der Waals surface area contributed by atoms with Gasteiger partial charge in [-0.1, -0.05) is 11.6 Å². The van der Waals surface area contributed by atoms with Crippen LogP contribution in [-0.4, -0.2) is 17.0 Å². The predicted molar refractivity (Wildman–Crippen MR) is 75.9 cm³/mol. The second-order valence-electron chi connectivity index (χ2n) is 3.68. The lowest BCUT2D eigenvalue weighted by atomic mass is 10.3. The van der Waals surface area contributed by atoms with Gasteiger partial charge in [0.2, 0.25) is 0 Å². The van der Waals surface area contributed by atoms with Crippen LogP contribution in [0.4, 0.5) is 5.82 Å². The van der Waals surface area contributed by atoms with Crippen molar-refractivity contribution in [3.63, 3.8) is 0 Å². The van der Waals surface area contributed by atoms with Crippen molar-refractivity contribution in [3.05, 3.63) is 37.8 Å². The Kier molecular flexibility index (Phi) is 4.01. The van der Waals surface area contributed by atoms with E-state index in [1.165, 1.54) is 4.88 Å². The van der Waals surface area contributed by atoms with Crippen LogP contribution in [0, 0.1) is 6.92 Å². The summed E-state index contributed by atoms with van der Waals surface area (Å²) < 4.78 is 0.898. The average Bonchev–Trinajstić information content (AvgIpc) is 2.64. The Hall–Kier alpha value is -0.650. The maximum absolute atomic E-state index is 5.87. The number of aromatic nitrogens is 2. The van der Waals surface area contributed by atoms with Crippen molar-refractivity contribution in [3.8, 4) is 0 Å². The first-order valence-corrected chi connectivity index (χ1v) is 7.04. The lowest BCUT2D eigenvalue weighted by molar-refractivity contribution is 0.897. The summed E-state index contributed by atoms with van der Waals surface area (Å²) in [6.45, 7) is 2.81. The summed E-state index contributed by atoms with van der Waals surface area (Å²) in [7, 11) is 2.00. The van der Waals surface area contributed by atoms with E-state index in [9.17, 15) is 0 Å². The molecule has 0 atom stereocenters. The standard InChI is InChI=1S/C11H11BrClN3S/c1-7-10(17-6-15-7)5-16(2)11-9(12)3-8(13)4-14-11/h3-4,6H,5H2,1-2H3. The van der Waals surface area contributed by atoms with Crippen molar-refractivity contribution < 1.29 is 0 Å². The molecule has 0 amide bonds. The van der Waals surface area contributed by atoms with Crippen LogP contribution in [0.2, 0.25) is 5.02 Å². The molecule has 0 unspecified atom stereocenters. The maximum atomic E-state index is 5.87. The summed E-state index contributed by atoms with van der Waals surface area (Å²) >= 11 is 11.0. The molecule has 6 heteroatoms. The van der Waals surface area contributed by atoms with Crippen LogP contribution in [-0.2, 0) is 6.54 Å². The number of halogens is 2. The summed E-state index contributed by atoms with van der Waals surface area (Å²) in [5.74, 6) is 0.877. The summed E-state index contributed by atoms with van der Waals surface area (Å²) in [5.41, 5.74) is 2.94. The monoisotopic (exact) mass is 331 g/mol. The van der Waals surface area contributed by atoms with Crippen LogP contribution >= 0.6 is 38.9 Å². The second kappa shape index (κ2) is 5.33. The van der Waals surface area contributed by atoms with Gasteiger partial charge in [-0.25, -0.2) is 9.97 Å². The number of rotatable bonds is 3. The molecule has 0 saturated heterocycles. The van der Waals surface area contributed by atoms with E-state index >= 15 is 0 Å². The molecule has 0 aromatic carbocycles. The lowest BCUT2D eigenvalue weighted by Crippen LogP contribution is -2.18. The zero-order chi connectivity index (χ0) is 12.4. The van der Waals surface area contributed by atoms with Crippen LogP contribution in [0.1, 0.15) is 10.6 Å².